The molecule has 0 amide bonds. The Morgan fingerprint density at radius 3 is 1.25 bits per heavy atom. The van der Waals surface area contributed by atoms with Crippen LogP contribution in [0.4, 0.5) is 37.7 Å². The molecule has 0 saturated heterocycles. The van der Waals surface area contributed by atoms with Crippen LogP contribution in [0, 0.1) is 0 Å². The van der Waals surface area contributed by atoms with Crippen LogP contribution in [0.15, 0.2) is 36.4 Å². The number of alkyl halides is 6. The van der Waals surface area contributed by atoms with Gasteiger partial charge in [0.2, 0.25) is 0 Å². The van der Waals surface area contributed by atoms with Crippen molar-refractivity contribution in [1.82, 2.24) is 0 Å². The van der Waals surface area contributed by atoms with Gasteiger partial charge in [0.1, 0.15) is 23.0 Å². The minimum absolute atomic E-state index is 0.265. The molecule has 0 atom stereocenters. The van der Waals surface area contributed by atoms with Crippen molar-refractivity contribution in [3.05, 3.63) is 36.4 Å². The van der Waals surface area contributed by atoms with E-state index in [4.69, 9.17) is 11.5 Å². The van der Waals surface area contributed by atoms with Crippen molar-refractivity contribution in [3.8, 4) is 23.0 Å². The summed E-state index contributed by atoms with van der Waals surface area (Å²) in [6, 6.07) is 4.19. The van der Waals surface area contributed by atoms with Gasteiger partial charge in [-0.15, -0.1) is 0 Å². The Hall–Kier alpha value is -3.18. The van der Waals surface area contributed by atoms with E-state index in [2.05, 4.69) is 9.47 Å². The predicted octanol–water partition coefficient (Wildman–Crippen LogP) is 3.34. The first-order valence-corrected chi connectivity index (χ1v) is 7.45. The molecule has 0 heterocycles. The average molecular weight is 410 g/mol. The molecule has 1 aliphatic carbocycles. The van der Waals surface area contributed by atoms with E-state index in [0.29, 0.717) is 12.1 Å². The molecule has 12 heteroatoms. The fourth-order valence-electron chi connectivity index (χ4n) is 2.50. The summed E-state index contributed by atoms with van der Waals surface area (Å²) in [5.74, 6) is -24.7. The highest BCUT2D eigenvalue weighted by Gasteiger charge is 3.03. The van der Waals surface area contributed by atoms with Crippen molar-refractivity contribution >= 4 is 11.4 Å². The monoisotopic (exact) mass is 410 g/mol. The average Bonchev–Trinajstić information content (AvgIpc) is 2.60. The van der Waals surface area contributed by atoms with Crippen LogP contribution < -0.4 is 20.9 Å². The van der Waals surface area contributed by atoms with Crippen LogP contribution in [-0.2, 0) is 0 Å². The zero-order valence-corrected chi connectivity index (χ0v) is 13.6. The van der Waals surface area contributed by atoms with Gasteiger partial charge in [0, 0.05) is 12.1 Å². The van der Waals surface area contributed by atoms with E-state index in [1.807, 2.05) is 0 Å². The Kier molecular flexibility index (Phi) is 3.96. The Labute approximate surface area is 152 Å². The van der Waals surface area contributed by atoms with Crippen LogP contribution in [0.2, 0.25) is 0 Å². The molecule has 2 aromatic rings. The number of benzene rings is 2. The van der Waals surface area contributed by atoms with E-state index in [9.17, 15) is 36.6 Å². The molecule has 3 rings (SSSR count). The molecule has 0 aliphatic heterocycles. The molecule has 2 aromatic carbocycles. The molecule has 0 aromatic heterocycles. The van der Waals surface area contributed by atoms with Crippen molar-refractivity contribution in [3.63, 3.8) is 0 Å². The first-order chi connectivity index (χ1) is 12.8. The lowest BCUT2D eigenvalue weighted by Gasteiger charge is -2.55. The Bertz CT molecular complexity index is 852. The Morgan fingerprint density at radius 1 is 0.643 bits per heavy atom. The first-order valence-electron chi connectivity index (χ1n) is 7.45. The third kappa shape index (κ3) is 2.29. The number of rotatable bonds is 4. The zero-order valence-electron chi connectivity index (χ0n) is 13.6. The van der Waals surface area contributed by atoms with Crippen LogP contribution in [0.1, 0.15) is 0 Å². The summed E-state index contributed by atoms with van der Waals surface area (Å²) < 4.78 is 93.8. The maximum Gasteiger partial charge on any atom is 0.397 e. The van der Waals surface area contributed by atoms with Gasteiger partial charge in [-0.3, -0.25) is 0 Å². The van der Waals surface area contributed by atoms with Crippen LogP contribution in [0.25, 0.3) is 0 Å². The minimum atomic E-state index is -5.50. The smallest absolute Gasteiger partial charge is 0.397 e. The predicted molar refractivity (Wildman–Crippen MR) is 83.9 cm³/mol. The third-order valence-corrected chi connectivity index (χ3v) is 4.14. The van der Waals surface area contributed by atoms with Gasteiger partial charge >= 0.3 is 23.6 Å². The number of hydrogen-bond acceptors (Lipinski definition) is 6. The number of hydrogen-bond donors (Lipinski definition) is 4. The van der Waals surface area contributed by atoms with Gasteiger partial charge in [0.15, 0.2) is 0 Å². The number of ether oxygens (including phenoxy) is 2. The molecule has 0 unspecified atom stereocenters. The normalized spacial score (nSPS) is 27.6. The van der Waals surface area contributed by atoms with Crippen molar-refractivity contribution in [2.45, 2.75) is 23.6 Å². The summed E-state index contributed by atoms with van der Waals surface area (Å²) in [4.78, 5) is 0. The molecule has 1 aliphatic rings. The van der Waals surface area contributed by atoms with Gasteiger partial charge < -0.3 is 31.2 Å². The molecule has 1 fully saturated rings. The molecule has 152 valence electrons. The molecule has 28 heavy (non-hydrogen) atoms. The fourth-order valence-corrected chi connectivity index (χ4v) is 2.50. The number of phenolic OH excluding ortho intramolecular Hbond substituents is 2. The molecular weight excluding hydrogens is 398 g/mol. The summed E-state index contributed by atoms with van der Waals surface area (Å²) in [6.45, 7) is 0. The van der Waals surface area contributed by atoms with Crippen LogP contribution in [-0.4, -0.2) is 33.8 Å². The number of anilines is 2. The largest absolute Gasteiger partial charge is 0.506 e. The maximum atomic E-state index is 14.5. The molecule has 1 saturated carbocycles. The van der Waals surface area contributed by atoms with Gasteiger partial charge in [-0.2, -0.15) is 26.3 Å². The molecule has 0 bridgehead atoms. The lowest BCUT2D eigenvalue weighted by Crippen LogP contribution is -2.89. The molecule has 0 radical (unpaired) electrons. The van der Waals surface area contributed by atoms with E-state index in [1.54, 1.807) is 0 Å². The second-order valence-electron chi connectivity index (χ2n) is 5.98. The fraction of sp³-hybridized carbons (Fsp3) is 0.250. The number of nitrogen functional groups attached to an aromatic ring is 2. The number of nitrogens with two attached hydrogens (primary N) is 2. The van der Waals surface area contributed by atoms with Crippen LogP contribution in [0.3, 0.4) is 0 Å². The number of phenols is 2. The van der Waals surface area contributed by atoms with E-state index in [0.717, 1.165) is 24.3 Å². The van der Waals surface area contributed by atoms with Gasteiger partial charge in [-0.05, 0) is 24.3 Å². The molecular formula is C16H12F6N2O4. The highest BCUT2D eigenvalue weighted by molar-refractivity contribution is 5.56. The Balaban J connectivity index is 1.95. The van der Waals surface area contributed by atoms with Crippen LogP contribution >= 0.6 is 0 Å². The Morgan fingerprint density at radius 2 is 0.964 bits per heavy atom. The van der Waals surface area contributed by atoms with Gasteiger partial charge in [-0.1, -0.05) is 0 Å². The third-order valence-electron chi connectivity index (χ3n) is 4.14. The quantitative estimate of drug-likeness (QED) is 0.350. The van der Waals surface area contributed by atoms with E-state index >= 15 is 0 Å². The molecule has 6 N–H and O–H groups in total. The minimum Gasteiger partial charge on any atom is -0.506 e. The number of aromatic hydroxyl groups is 2. The SMILES string of the molecule is Nc1ccc(OC2(F)C(F)(F)C(F)(Oc3ccc(N)c(O)c3)C2(F)F)cc1O. The van der Waals surface area contributed by atoms with Crippen molar-refractivity contribution in [2.75, 3.05) is 11.5 Å². The molecule has 0 spiro atoms. The van der Waals surface area contributed by atoms with Crippen LogP contribution in [0.5, 0.6) is 23.0 Å². The lowest BCUT2D eigenvalue weighted by molar-refractivity contribution is -0.527. The second-order valence-corrected chi connectivity index (χ2v) is 5.98. The summed E-state index contributed by atoms with van der Waals surface area (Å²) in [6.07, 6.45) is 0. The van der Waals surface area contributed by atoms with Crippen molar-refractivity contribution in [1.29, 1.82) is 0 Å². The number of halogens is 6. The van der Waals surface area contributed by atoms with E-state index in [-0.39, 0.29) is 11.4 Å². The summed E-state index contributed by atoms with van der Waals surface area (Å²) in [5.41, 5.74) is 9.97. The maximum absolute atomic E-state index is 14.5. The van der Waals surface area contributed by atoms with E-state index in [1.165, 1.54) is 0 Å². The zero-order chi connectivity index (χ0) is 21.1. The summed E-state index contributed by atoms with van der Waals surface area (Å²) in [7, 11) is 0. The topological polar surface area (TPSA) is 111 Å². The highest BCUT2D eigenvalue weighted by atomic mass is 19.3. The van der Waals surface area contributed by atoms with Gasteiger partial charge in [0.05, 0.1) is 11.4 Å². The van der Waals surface area contributed by atoms with Gasteiger partial charge in [-0.25, -0.2) is 0 Å². The van der Waals surface area contributed by atoms with Crippen molar-refractivity contribution in [2.24, 2.45) is 0 Å². The lowest BCUT2D eigenvalue weighted by atomic mass is 9.76. The standard InChI is InChI=1S/C16H12F6N2O4/c17-13(18)15(21,27-7-1-3-9(23)11(25)5-7)14(19,20)16(13,22)28-8-2-4-10(24)12(26)6-8/h1-6,25-26H,23-24H2. The summed E-state index contributed by atoms with van der Waals surface area (Å²) in [5, 5.41) is 18.7. The second kappa shape index (κ2) is 5.66. The highest BCUT2D eigenvalue weighted by Crippen LogP contribution is 2.68. The first kappa shape index (κ1) is 19.6. The van der Waals surface area contributed by atoms with Gasteiger partial charge in [0.25, 0.3) is 0 Å². The molecule has 6 nitrogen and oxygen atoms in total. The van der Waals surface area contributed by atoms with Crippen molar-refractivity contribution < 1.29 is 46.0 Å². The van der Waals surface area contributed by atoms with E-state index < -0.39 is 46.6 Å². The summed E-state index contributed by atoms with van der Waals surface area (Å²) >= 11 is 0.